The van der Waals surface area contributed by atoms with Gasteiger partial charge in [-0.15, -0.1) is 0 Å². The normalized spacial score (nSPS) is 11.2. The number of alkyl halides is 3. The fourth-order valence-corrected chi connectivity index (χ4v) is 1.46. The molecule has 0 bridgehead atoms. The SMILES string of the molecule is COc1ccc(OC)c(NCCCC(F)(F)F)c1. The highest BCUT2D eigenvalue weighted by Gasteiger charge is 2.25. The van der Waals surface area contributed by atoms with Crippen LogP contribution in [-0.2, 0) is 0 Å². The Morgan fingerprint density at radius 2 is 1.89 bits per heavy atom. The lowest BCUT2D eigenvalue weighted by Crippen LogP contribution is -2.11. The summed E-state index contributed by atoms with van der Waals surface area (Å²) in [6.07, 6.45) is -4.89. The van der Waals surface area contributed by atoms with Crippen LogP contribution >= 0.6 is 0 Å². The summed E-state index contributed by atoms with van der Waals surface area (Å²) in [6.45, 7) is 0.225. The zero-order valence-electron chi connectivity index (χ0n) is 10.3. The predicted molar refractivity (Wildman–Crippen MR) is 63.3 cm³/mol. The quantitative estimate of drug-likeness (QED) is 0.797. The van der Waals surface area contributed by atoms with Crippen LogP contribution in [0.2, 0.25) is 0 Å². The summed E-state index contributed by atoms with van der Waals surface area (Å²) in [6, 6.07) is 5.11. The number of halogens is 3. The summed E-state index contributed by atoms with van der Waals surface area (Å²) < 4.78 is 46.1. The number of methoxy groups -OCH3 is 2. The molecule has 0 aromatic heterocycles. The topological polar surface area (TPSA) is 30.5 Å². The molecule has 1 N–H and O–H groups in total. The summed E-state index contributed by atoms with van der Waals surface area (Å²) in [7, 11) is 3.03. The van der Waals surface area contributed by atoms with Gasteiger partial charge in [-0.1, -0.05) is 0 Å². The highest BCUT2D eigenvalue weighted by molar-refractivity contribution is 5.59. The van der Waals surface area contributed by atoms with Gasteiger partial charge in [0.2, 0.25) is 0 Å². The number of benzene rings is 1. The van der Waals surface area contributed by atoms with Crippen molar-refractivity contribution in [3.05, 3.63) is 18.2 Å². The molecule has 0 radical (unpaired) electrons. The number of hydrogen-bond acceptors (Lipinski definition) is 3. The first-order valence-corrected chi connectivity index (χ1v) is 5.49. The van der Waals surface area contributed by atoms with Crippen molar-refractivity contribution in [2.45, 2.75) is 19.0 Å². The minimum atomic E-state index is -4.11. The third-order valence-electron chi connectivity index (χ3n) is 2.36. The Morgan fingerprint density at radius 3 is 2.44 bits per heavy atom. The number of anilines is 1. The van der Waals surface area contributed by atoms with Crippen LogP contribution in [0.4, 0.5) is 18.9 Å². The van der Waals surface area contributed by atoms with Crippen molar-refractivity contribution in [3.8, 4) is 11.5 Å². The molecule has 0 saturated heterocycles. The Morgan fingerprint density at radius 1 is 1.17 bits per heavy atom. The molecular weight excluding hydrogens is 247 g/mol. The molecule has 0 fully saturated rings. The molecule has 3 nitrogen and oxygen atoms in total. The van der Waals surface area contributed by atoms with Crippen LogP contribution in [0.3, 0.4) is 0 Å². The lowest BCUT2D eigenvalue weighted by Gasteiger charge is -2.13. The molecule has 1 aromatic rings. The number of rotatable bonds is 6. The van der Waals surface area contributed by atoms with Gasteiger partial charge in [-0.3, -0.25) is 0 Å². The van der Waals surface area contributed by atoms with E-state index in [1.165, 1.54) is 14.2 Å². The molecule has 0 unspecified atom stereocenters. The van der Waals surface area contributed by atoms with Gasteiger partial charge in [0.15, 0.2) is 0 Å². The van der Waals surface area contributed by atoms with Crippen LogP contribution in [0, 0.1) is 0 Å². The van der Waals surface area contributed by atoms with Crippen molar-refractivity contribution < 1.29 is 22.6 Å². The molecule has 102 valence electrons. The van der Waals surface area contributed by atoms with Gasteiger partial charge in [-0.25, -0.2) is 0 Å². The van der Waals surface area contributed by atoms with E-state index in [2.05, 4.69) is 5.32 Å². The lowest BCUT2D eigenvalue weighted by atomic mass is 10.2. The third kappa shape index (κ3) is 4.73. The van der Waals surface area contributed by atoms with Crippen molar-refractivity contribution in [2.24, 2.45) is 0 Å². The van der Waals surface area contributed by atoms with Gasteiger partial charge in [0, 0.05) is 19.0 Å². The Hall–Kier alpha value is -1.59. The molecule has 0 saturated carbocycles. The number of hydrogen-bond donors (Lipinski definition) is 1. The molecule has 0 spiro atoms. The van der Waals surface area contributed by atoms with Gasteiger partial charge in [0.05, 0.1) is 19.9 Å². The van der Waals surface area contributed by atoms with E-state index >= 15 is 0 Å². The van der Waals surface area contributed by atoms with E-state index in [1.54, 1.807) is 18.2 Å². The maximum atomic E-state index is 12.0. The van der Waals surface area contributed by atoms with Gasteiger partial charge in [-0.05, 0) is 18.6 Å². The van der Waals surface area contributed by atoms with Crippen LogP contribution in [0.15, 0.2) is 18.2 Å². The van der Waals surface area contributed by atoms with Crippen LogP contribution in [-0.4, -0.2) is 26.9 Å². The first-order valence-electron chi connectivity index (χ1n) is 5.49. The summed E-state index contributed by atoms with van der Waals surface area (Å²) in [5.41, 5.74) is 0.624. The first-order chi connectivity index (χ1) is 8.46. The van der Waals surface area contributed by atoms with Crippen molar-refractivity contribution in [1.29, 1.82) is 0 Å². The van der Waals surface area contributed by atoms with Gasteiger partial charge >= 0.3 is 6.18 Å². The summed E-state index contributed by atoms with van der Waals surface area (Å²) in [5.74, 6) is 1.19. The zero-order valence-corrected chi connectivity index (χ0v) is 10.3. The molecule has 0 atom stereocenters. The van der Waals surface area contributed by atoms with Crippen LogP contribution < -0.4 is 14.8 Å². The van der Waals surface area contributed by atoms with E-state index in [4.69, 9.17) is 9.47 Å². The molecule has 6 heteroatoms. The molecule has 0 aliphatic heterocycles. The second kappa shape index (κ2) is 6.37. The smallest absolute Gasteiger partial charge is 0.389 e. The largest absolute Gasteiger partial charge is 0.497 e. The van der Waals surface area contributed by atoms with Crippen molar-refractivity contribution in [1.82, 2.24) is 0 Å². The van der Waals surface area contributed by atoms with Crippen LogP contribution in [0.5, 0.6) is 11.5 Å². The van der Waals surface area contributed by atoms with Gasteiger partial charge in [-0.2, -0.15) is 13.2 Å². The van der Waals surface area contributed by atoms with Gasteiger partial charge in [0.1, 0.15) is 11.5 Å². The molecule has 1 rings (SSSR count). The van der Waals surface area contributed by atoms with E-state index in [-0.39, 0.29) is 13.0 Å². The number of nitrogens with one attached hydrogen (secondary N) is 1. The average molecular weight is 263 g/mol. The minimum Gasteiger partial charge on any atom is -0.497 e. The van der Waals surface area contributed by atoms with Crippen molar-refractivity contribution in [2.75, 3.05) is 26.1 Å². The molecule has 0 heterocycles. The standard InChI is InChI=1S/C12H16F3NO2/c1-17-9-4-5-11(18-2)10(8-9)16-7-3-6-12(13,14)15/h4-5,8,16H,3,6-7H2,1-2H3. The Kier molecular flexibility index (Phi) is 5.12. The molecule has 0 amide bonds. The van der Waals surface area contributed by atoms with Crippen LogP contribution in [0.25, 0.3) is 0 Å². The first kappa shape index (κ1) is 14.5. The third-order valence-corrected chi connectivity index (χ3v) is 2.36. The zero-order chi connectivity index (χ0) is 13.6. The van der Waals surface area contributed by atoms with E-state index < -0.39 is 12.6 Å². The van der Waals surface area contributed by atoms with E-state index in [9.17, 15) is 13.2 Å². The Balaban J connectivity index is 2.54. The molecule has 0 aliphatic carbocycles. The van der Waals surface area contributed by atoms with Crippen molar-refractivity contribution in [3.63, 3.8) is 0 Å². The molecule has 0 aliphatic rings. The van der Waals surface area contributed by atoms with E-state index in [1.807, 2.05) is 0 Å². The van der Waals surface area contributed by atoms with Gasteiger partial charge in [0.25, 0.3) is 0 Å². The fraction of sp³-hybridized carbons (Fsp3) is 0.500. The molecular formula is C12H16F3NO2. The van der Waals surface area contributed by atoms with Gasteiger partial charge < -0.3 is 14.8 Å². The average Bonchev–Trinajstić information content (AvgIpc) is 2.33. The maximum absolute atomic E-state index is 12.0. The Labute approximate surface area is 104 Å². The second-order valence-electron chi connectivity index (χ2n) is 3.71. The summed E-state index contributed by atoms with van der Waals surface area (Å²) in [4.78, 5) is 0. The summed E-state index contributed by atoms with van der Waals surface area (Å²) in [5, 5.41) is 2.91. The monoisotopic (exact) mass is 263 g/mol. The second-order valence-corrected chi connectivity index (χ2v) is 3.71. The lowest BCUT2D eigenvalue weighted by molar-refractivity contribution is -0.134. The van der Waals surface area contributed by atoms with Crippen molar-refractivity contribution >= 4 is 5.69 Å². The van der Waals surface area contributed by atoms with E-state index in [0.29, 0.717) is 17.2 Å². The minimum absolute atomic E-state index is 0.0177. The van der Waals surface area contributed by atoms with Crippen LogP contribution in [0.1, 0.15) is 12.8 Å². The fourth-order valence-electron chi connectivity index (χ4n) is 1.46. The summed E-state index contributed by atoms with van der Waals surface area (Å²) >= 11 is 0. The Bertz CT molecular complexity index is 380. The molecule has 18 heavy (non-hydrogen) atoms. The van der Waals surface area contributed by atoms with E-state index in [0.717, 1.165) is 0 Å². The highest BCUT2D eigenvalue weighted by atomic mass is 19.4. The number of ether oxygens (including phenoxy) is 2. The highest BCUT2D eigenvalue weighted by Crippen LogP contribution is 2.29. The molecule has 1 aromatic carbocycles. The predicted octanol–water partition coefficient (Wildman–Crippen LogP) is 3.46. The maximum Gasteiger partial charge on any atom is 0.389 e.